The first-order valence-corrected chi connectivity index (χ1v) is 8.60. The van der Waals surface area contributed by atoms with Crippen molar-refractivity contribution in [1.82, 2.24) is 9.55 Å². The SMILES string of the molecule is COc1ccc(-n2c(C3=CC(C(=O)O)=CC=CC3)nc3ccccc32)cc1. The number of fused-ring (bicyclic) bond motifs is 1. The fourth-order valence-electron chi connectivity index (χ4n) is 3.18. The lowest BCUT2D eigenvalue weighted by Crippen LogP contribution is -2.03. The highest BCUT2D eigenvalue weighted by molar-refractivity contribution is 5.94. The van der Waals surface area contributed by atoms with Gasteiger partial charge in [-0.1, -0.05) is 24.3 Å². The van der Waals surface area contributed by atoms with E-state index in [9.17, 15) is 9.90 Å². The third-order valence-electron chi connectivity index (χ3n) is 4.50. The Morgan fingerprint density at radius 1 is 1.15 bits per heavy atom. The van der Waals surface area contributed by atoms with E-state index in [4.69, 9.17) is 9.72 Å². The van der Waals surface area contributed by atoms with Gasteiger partial charge in [0.05, 0.1) is 23.7 Å². The minimum absolute atomic E-state index is 0.243. The minimum atomic E-state index is -0.953. The first kappa shape index (κ1) is 16.8. The lowest BCUT2D eigenvalue weighted by atomic mass is 10.1. The zero-order chi connectivity index (χ0) is 18.8. The van der Waals surface area contributed by atoms with Crippen LogP contribution in [0.3, 0.4) is 0 Å². The van der Waals surface area contributed by atoms with E-state index in [1.54, 1.807) is 25.3 Å². The molecule has 5 nitrogen and oxygen atoms in total. The van der Waals surface area contributed by atoms with Crippen molar-refractivity contribution >= 4 is 22.6 Å². The average molecular weight is 358 g/mol. The number of hydrogen-bond donors (Lipinski definition) is 1. The maximum absolute atomic E-state index is 11.5. The Labute approximate surface area is 156 Å². The van der Waals surface area contributed by atoms with Crippen molar-refractivity contribution in [2.45, 2.75) is 6.42 Å². The molecule has 1 aliphatic carbocycles. The molecule has 0 atom stereocenters. The molecule has 1 aliphatic rings. The van der Waals surface area contributed by atoms with Gasteiger partial charge in [0.15, 0.2) is 0 Å². The predicted molar refractivity (Wildman–Crippen MR) is 105 cm³/mol. The Morgan fingerprint density at radius 2 is 1.93 bits per heavy atom. The molecule has 2 aromatic carbocycles. The van der Waals surface area contributed by atoms with E-state index < -0.39 is 5.97 Å². The van der Waals surface area contributed by atoms with E-state index in [0.717, 1.165) is 33.9 Å². The van der Waals surface area contributed by atoms with Gasteiger partial charge in [-0.2, -0.15) is 0 Å². The summed E-state index contributed by atoms with van der Waals surface area (Å²) < 4.78 is 7.31. The number of carboxylic acid groups (broad SMARTS) is 1. The molecule has 0 fully saturated rings. The van der Waals surface area contributed by atoms with Crippen LogP contribution in [-0.2, 0) is 4.79 Å². The second kappa shape index (κ2) is 6.96. The van der Waals surface area contributed by atoms with Crippen LogP contribution in [0.25, 0.3) is 22.3 Å². The topological polar surface area (TPSA) is 64.3 Å². The Hall–Kier alpha value is -3.60. The Bertz CT molecular complexity index is 1100. The summed E-state index contributed by atoms with van der Waals surface area (Å²) in [5.41, 5.74) is 3.86. The van der Waals surface area contributed by atoms with Crippen LogP contribution >= 0.6 is 0 Å². The summed E-state index contributed by atoms with van der Waals surface area (Å²) in [5.74, 6) is 0.559. The van der Waals surface area contributed by atoms with E-state index in [1.165, 1.54) is 0 Å². The molecule has 134 valence electrons. The number of hydrogen-bond acceptors (Lipinski definition) is 3. The van der Waals surface area contributed by atoms with Gasteiger partial charge in [-0.3, -0.25) is 4.57 Å². The molecule has 0 bridgehead atoms. The van der Waals surface area contributed by atoms with Crippen LogP contribution in [0.2, 0.25) is 0 Å². The number of carbonyl (C=O) groups is 1. The maximum Gasteiger partial charge on any atom is 0.335 e. The second-order valence-electron chi connectivity index (χ2n) is 6.19. The summed E-state index contributed by atoms with van der Waals surface area (Å²) in [6.45, 7) is 0. The van der Waals surface area contributed by atoms with Gasteiger partial charge >= 0.3 is 5.97 Å². The summed E-state index contributed by atoms with van der Waals surface area (Å²) in [4.78, 5) is 16.3. The number of para-hydroxylation sites is 2. The smallest absolute Gasteiger partial charge is 0.335 e. The van der Waals surface area contributed by atoms with Gasteiger partial charge in [0, 0.05) is 11.3 Å². The maximum atomic E-state index is 11.5. The number of methoxy groups -OCH3 is 1. The summed E-state index contributed by atoms with van der Waals surface area (Å²) in [6.07, 6.45) is 7.62. The van der Waals surface area contributed by atoms with Gasteiger partial charge in [-0.25, -0.2) is 9.78 Å². The average Bonchev–Trinajstić information content (AvgIpc) is 2.90. The van der Waals surface area contributed by atoms with E-state index in [2.05, 4.69) is 4.57 Å². The highest BCUT2D eigenvalue weighted by Crippen LogP contribution is 2.30. The van der Waals surface area contributed by atoms with Crippen LogP contribution in [0.4, 0.5) is 0 Å². The molecular weight excluding hydrogens is 340 g/mol. The molecule has 1 N–H and O–H groups in total. The van der Waals surface area contributed by atoms with Gasteiger partial charge in [-0.05, 0) is 55.0 Å². The number of benzene rings is 2. The summed E-state index contributed by atoms with van der Waals surface area (Å²) in [7, 11) is 1.63. The zero-order valence-electron chi connectivity index (χ0n) is 14.8. The van der Waals surface area contributed by atoms with Crippen LogP contribution in [-0.4, -0.2) is 27.7 Å². The summed E-state index contributed by atoms with van der Waals surface area (Å²) >= 11 is 0. The fraction of sp³-hybridized carbons (Fsp3) is 0.0909. The van der Waals surface area contributed by atoms with Crippen molar-refractivity contribution < 1.29 is 14.6 Å². The van der Waals surface area contributed by atoms with Crippen LogP contribution in [0.15, 0.2) is 78.4 Å². The highest BCUT2D eigenvalue weighted by atomic mass is 16.5. The third kappa shape index (κ3) is 3.15. The first-order chi connectivity index (χ1) is 13.2. The Balaban J connectivity index is 1.94. The molecule has 0 saturated heterocycles. The minimum Gasteiger partial charge on any atom is -0.497 e. The van der Waals surface area contributed by atoms with Crippen molar-refractivity contribution in [3.8, 4) is 11.4 Å². The normalized spacial score (nSPS) is 13.8. The van der Waals surface area contributed by atoms with Crippen molar-refractivity contribution in [1.29, 1.82) is 0 Å². The molecule has 0 spiro atoms. The number of ether oxygens (including phenoxy) is 1. The Kier molecular flexibility index (Phi) is 4.34. The number of aromatic nitrogens is 2. The van der Waals surface area contributed by atoms with Gasteiger partial charge < -0.3 is 9.84 Å². The monoisotopic (exact) mass is 358 g/mol. The molecule has 0 saturated carbocycles. The molecule has 1 heterocycles. The van der Waals surface area contributed by atoms with Gasteiger partial charge in [0.1, 0.15) is 11.6 Å². The Morgan fingerprint density at radius 3 is 2.67 bits per heavy atom. The number of rotatable bonds is 4. The molecular formula is C22H18N2O3. The van der Waals surface area contributed by atoms with Crippen molar-refractivity contribution in [2.75, 3.05) is 7.11 Å². The van der Waals surface area contributed by atoms with Crippen LogP contribution in [0.1, 0.15) is 12.2 Å². The van der Waals surface area contributed by atoms with E-state index >= 15 is 0 Å². The number of nitrogens with zero attached hydrogens (tertiary/aromatic N) is 2. The number of carboxylic acids is 1. The van der Waals surface area contributed by atoms with Gasteiger partial charge in [-0.15, -0.1) is 0 Å². The van der Waals surface area contributed by atoms with Crippen LogP contribution in [0, 0.1) is 0 Å². The van der Waals surface area contributed by atoms with Crippen molar-refractivity contribution in [2.24, 2.45) is 0 Å². The second-order valence-corrected chi connectivity index (χ2v) is 6.19. The van der Waals surface area contributed by atoms with E-state index in [0.29, 0.717) is 6.42 Å². The van der Waals surface area contributed by atoms with E-state index in [1.807, 2.05) is 54.6 Å². The quantitative estimate of drug-likeness (QED) is 0.751. The summed E-state index contributed by atoms with van der Waals surface area (Å²) in [6, 6.07) is 15.6. The molecule has 0 unspecified atom stereocenters. The highest BCUT2D eigenvalue weighted by Gasteiger charge is 2.18. The lowest BCUT2D eigenvalue weighted by Gasteiger charge is -2.12. The molecule has 0 radical (unpaired) electrons. The molecule has 5 heteroatoms. The lowest BCUT2D eigenvalue weighted by molar-refractivity contribution is -0.132. The number of imidazole rings is 1. The predicted octanol–water partition coefficient (Wildman–Crippen LogP) is 4.39. The first-order valence-electron chi connectivity index (χ1n) is 8.60. The van der Waals surface area contributed by atoms with Crippen molar-refractivity contribution in [3.63, 3.8) is 0 Å². The molecule has 3 aromatic rings. The van der Waals surface area contributed by atoms with Gasteiger partial charge in [0.25, 0.3) is 0 Å². The molecule has 0 amide bonds. The van der Waals surface area contributed by atoms with Crippen molar-refractivity contribution in [3.05, 3.63) is 84.2 Å². The molecule has 1 aromatic heterocycles. The van der Waals surface area contributed by atoms with E-state index in [-0.39, 0.29) is 5.57 Å². The summed E-state index contributed by atoms with van der Waals surface area (Å²) in [5, 5.41) is 9.42. The standard InChI is InChI=1S/C22H18N2O3/c1-27-18-12-10-17(11-13-18)24-20-9-5-4-8-19(20)23-21(24)15-6-2-3-7-16(14-15)22(25)26/h2-5,7-14H,6H2,1H3,(H,25,26). The molecule has 27 heavy (non-hydrogen) atoms. The van der Waals surface area contributed by atoms with Crippen LogP contribution < -0.4 is 4.74 Å². The molecule has 4 rings (SSSR count). The molecule has 0 aliphatic heterocycles. The third-order valence-corrected chi connectivity index (χ3v) is 4.50. The fourth-order valence-corrected chi connectivity index (χ4v) is 3.18. The van der Waals surface area contributed by atoms with Crippen LogP contribution in [0.5, 0.6) is 5.75 Å². The van der Waals surface area contributed by atoms with Gasteiger partial charge in [0.2, 0.25) is 0 Å². The largest absolute Gasteiger partial charge is 0.497 e. The zero-order valence-corrected chi connectivity index (χ0v) is 14.8. The number of allylic oxidation sites excluding steroid dienone is 4. The number of aliphatic carboxylic acids is 1.